The SMILES string of the molecule is CNCC1(O)CCN(c2ccc(C)c(C)c2)CC1. The fraction of sp³-hybridized carbons (Fsp3) is 0.600. The highest BCUT2D eigenvalue weighted by molar-refractivity contribution is 5.51. The Labute approximate surface area is 110 Å². The van der Waals surface area contributed by atoms with Gasteiger partial charge in [-0.05, 0) is 57.0 Å². The molecule has 1 saturated heterocycles. The molecule has 1 aromatic rings. The Morgan fingerprint density at radius 3 is 2.44 bits per heavy atom. The van der Waals surface area contributed by atoms with Gasteiger partial charge in [-0.25, -0.2) is 0 Å². The monoisotopic (exact) mass is 248 g/mol. The zero-order valence-corrected chi connectivity index (χ0v) is 11.7. The Morgan fingerprint density at radius 1 is 1.22 bits per heavy atom. The Balaban J connectivity index is 2.03. The summed E-state index contributed by atoms with van der Waals surface area (Å²) in [5, 5.41) is 13.4. The third-order valence-corrected chi connectivity index (χ3v) is 4.06. The summed E-state index contributed by atoms with van der Waals surface area (Å²) >= 11 is 0. The van der Waals surface area contributed by atoms with Crippen LogP contribution in [0, 0.1) is 13.8 Å². The van der Waals surface area contributed by atoms with Crippen LogP contribution >= 0.6 is 0 Å². The number of anilines is 1. The second kappa shape index (κ2) is 5.29. The number of nitrogens with one attached hydrogen (secondary N) is 1. The molecule has 1 heterocycles. The standard InChI is InChI=1S/C15H24N2O/c1-12-4-5-14(10-13(12)2)17-8-6-15(18,7-9-17)11-16-3/h4-5,10,16,18H,6-9,11H2,1-3H3. The van der Waals surface area contributed by atoms with Crippen molar-refractivity contribution < 1.29 is 5.11 Å². The average Bonchev–Trinajstić information content (AvgIpc) is 2.34. The van der Waals surface area contributed by atoms with Crippen molar-refractivity contribution in [2.75, 3.05) is 31.6 Å². The van der Waals surface area contributed by atoms with Crippen LogP contribution in [0.1, 0.15) is 24.0 Å². The minimum atomic E-state index is -0.523. The van der Waals surface area contributed by atoms with E-state index < -0.39 is 5.60 Å². The van der Waals surface area contributed by atoms with Crippen LogP contribution in [0.25, 0.3) is 0 Å². The number of aryl methyl sites for hydroxylation is 2. The summed E-state index contributed by atoms with van der Waals surface area (Å²) < 4.78 is 0. The molecule has 0 unspecified atom stereocenters. The Morgan fingerprint density at radius 2 is 1.89 bits per heavy atom. The quantitative estimate of drug-likeness (QED) is 0.857. The molecular weight excluding hydrogens is 224 g/mol. The summed E-state index contributed by atoms with van der Waals surface area (Å²) in [6.45, 7) is 6.84. The number of piperidine rings is 1. The van der Waals surface area contributed by atoms with Gasteiger partial charge in [-0.2, -0.15) is 0 Å². The first-order valence-corrected chi connectivity index (χ1v) is 6.73. The summed E-state index contributed by atoms with van der Waals surface area (Å²) in [4.78, 5) is 2.37. The molecule has 1 aromatic carbocycles. The van der Waals surface area contributed by atoms with Crippen LogP contribution < -0.4 is 10.2 Å². The van der Waals surface area contributed by atoms with E-state index in [1.165, 1.54) is 16.8 Å². The molecule has 3 heteroatoms. The number of likely N-dealkylation sites (N-methyl/N-ethyl adjacent to an activating group) is 1. The van der Waals surface area contributed by atoms with Crippen molar-refractivity contribution >= 4 is 5.69 Å². The molecule has 1 aliphatic rings. The van der Waals surface area contributed by atoms with Crippen LogP contribution in [-0.4, -0.2) is 37.4 Å². The predicted octanol–water partition coefficient (Wildman–Crippen LogP) is 1.85. The predicted molar refractivity (Wildman–Crippen MR) is 76.2 cm³/mol. The van der Waals surface area contributed by atoms with Crippen LogP contribution in [0.2, 0.25) is 0 Å². The first-order chi connectivity index (χ1) is 8.54. The third-order valence-electron chi connectivity index (χ3n) is 4.06. The van der Waals surface area contributed by atoms with E-state index in [0.717, 1.165) is 25.9 Å². The second-order valence-corrected chi connectivity index (χ2v) is 5.51. The second-order valence-electron chi connectivity index (χ2n) is 5.51. The van der Waals surface area contributed by atoms with E-state index in [1.807, 2.05) is 7.05 Å². The first kappa shape index (κ1) is 13.4. The minimum absolute atomic E-state index is 0.523. The van der Waals surface area contributed by atoms with Gasteiger partial charge in [-0.15, -0.1) is 0 Å². The number of rotatable bonds is 3. The number of nitrogens with zero attached hydrogens (tertiary/aromatic N) is 1. The Hall–Kier alpha value is -1.06. The molecule has 2 N–H and O–H groups in total. The molecule has 1 aliphatic heterocycles. The van der Waals surface area contributed by atoms with Crippen molar-refractivity contribution in [1.82, 2.24) is 5.32 Å². The van der Waals surface area contributed by atoms with Gasteiger partial charge in [-0.1, -0.05) is 6.07 Å². The maximum atomic E-state index is 10.3. The zero-order chi connectivity index (χ0) is 13.2. The average molecular weight is 248 g/mol. The fourth-order valence-electron chi connectivity index (χ4n) is 2.61. The lowest BCUT2D eigenvalue weighted by Crippen LogP contribution is -2.49. The summed E-state index contributed by atoms with van der Waals surface area (Å²) in [5.41, 5.74) is 3.43. The highest BCUT2D eigenvalue weighted by Crippen LogP contribution is 2.27. The molecule has 100 valence electrons. The maximum Gasteiger partial charge on any atom is 0.0805 e. The molecule has 2 rings (SSSR count). The van der Waals surface area contributed by atoms with Gasteiger partial charge < -0.3 is 15.3 Å². The largest absolute Gasteiger partial charge is 0.388 e. The van der Waals surface area contributed by atoms with Crippen molar-refractivity contribution in [2.45, 2.75) is 32.3 Å². The van der Waals surface area contributed by atoms with Crippen molar-refractivity contribution in [3.63, 3.8) is 0 Å². The molecule has 0 amide bonds. The summed E-state index contributed by atoms with van der Waals surface area (Å²) in [6, 6.07) is 6.61. The van der Waals surface area contributed by atoms with Crippen LogP contribution in [0.5, 0.6) is 0 Å². The Bertz CT molecular complexity index is 409. The lowest BCUT2D eigenvalue weighted by Gasteiger charge is -2.39. The van der Waals surface area contributed by atoms with Gasteiger partial charge >= 0.3 is 0 Å². The third kappa shape index (κ3) is 2.85. The molecule has 18 heavy (non-hydrogen) atoms. The molecule has 0 aromatic heterocycles. The lowest BCUT2D eigenvalue weighted by atomic mass is 9.91. The Kier molecular flexibility index (Phi) is 3.93. The number of aliphatic hydroxyl groups is 1. The van der Waals surface area contributed by atoms with Gasteiger partial charge in [0.25, 0.3) is 0 Å². The zero-order valence-electron chi connectivity index (χ0n) is 11.7. The van der Waals surface area contributed by atoms with Crippen LogP contribution in [0.4, 0.5) is 5.69 Å². The molecule has 0 atom stereocenters. The number of hydrogen-bond donors (Lipinski definition) is 2. The summed E-state index contributed by atoms with van der Waals surface area (Å²) in [5.74, 6) is 0. The molecule has 0 bridgehead atoms. The van der Waals surface area contributed by atoms with Gasteiger partial charge in [0.1, 0.15) is 0 Å². The molecule has 0 radical (unpaired) electrons. The van der Waals surface area contributed by atoms with E-state index in [1.54, 1.807) is 0 Å². The van der Waals surface area contributed by atoms with Gasteiger partial charge in [0, 0.05) is 25.3 Å². The summed E-state index contributed by atoms with van der Waals surface area (Å²) in [6.07, 6.45) is 1.67. The van der Waals surface area contributed by atoms with Gasteiger partial charge in [0.05, 0.1) is 5.60 Å². The van der Waals surface area contributed by atoms with Crippen molar-refractivity contribution in [3.8, 4) is 0 Å². The lowest BCUT2D eigenvalue weighted by molar-refractivity contribution is 0.0185. The molecule has 3 nitrogen and oxygen atoms in total. The van der Waals surface area contributed by atoms with E-state index in [2.05, 4.69) is 42.3 Å². The van der Waals surface area contributed by atoms with E-state index in [4.69, 9.17) is 0 Å². The van der Waals surface area contributed by atoms with Crippen molar-refractivity contribution in [2.24, 2.45) is 0 Å². The van der Waals surface area contributed by atoms with Crippen LogP contribution in [-0.2, 0) is 0 Å². The number of hydrogen-bond acceptors (Lipinski definition) is 3. The smallest absolute Gasteiger partial charge is 0.0805 e. The fourth-order valence-corrected chi connectivity index (χ4v) is 2.61. The normalized spacial score (nSPS) is 19.0. The first-order valence-electron chi connectivity index (χ1n) is 6.73. The molecule has 0 spiro atoms. The molecular formula is C15H24N2O. The van der Waals surface area contributed by atoms with E-state index in [0.29, 0.717) is 6.54 Å². The highest BCUT2D eigenvalue weighted by atomic mass is 16.3. The topological polar surface area (TPSA) is 35.5 Å². The van der Waals surface area contributed by atoms with E-state index >= 15 is 0 Å². The van der Waals surface area contributed by atoms with Crippen LogP contribution in [0.15, 0.2) is 18.2 Å². The molecule has 1 fully saturated rings. The molecule has 0 aliphatic carbocycles. The number of benzene rings is 1. The van der Waals surface area contributed by atoms with Gasteiger partial charge in [0.15, 0.2) is 0 Å². The van der Waals surface area contributed by atoms with Gasteiger partial charge in [-0.3, -0.25) is 0 Å². The maximum absolute atomic E-state index is 10.3. The van der Waals surface area contributed by atoms with E-state index in [9.17, 15) is 5.11 Å². The van der Waals surface area contributed by atoms with Crippen molar-refractivity contribution in [1.29, 1.82) is 0 Å². The molecule has 0 saturated carbocycles. The van der Waals surface area contributed by atoms with Crippen molar-refractivity contribution in [3.05, 3.63) is 29.3 Å². The summed E-state index contributed by atoms with van der Waals surface area (Å²) in [7, 11) is 1.90. The minimum Gasteiger partial charge on any atom is -0.388 e. The van der Waals surface area contributed by atoms with Gasteiger partial charge in [0.2, 0.25) is 0 Å². The van der Waals surface area contributed by atoms with E-state index in [-0.39, 0.29) is 0 Å². The highest BCUT2D eigenvalue weighted by Gasteiger charge is 2.31. The van der Waals surface area contributed by atoms with Crippen LogP contribution in [0.3, 0.4) is 0 Å².